The van der Waals surface area contributed by atoms with E-state index in [1.165, 1.54) is 6.20 Å². The predicted molar refractivity (Wildman–Crippen MR) is 94.6 cm³/mol. The zero-order chi connectivity index (χ0) is 18.1. The summed E-state index contributed by atoms with van der Waals surface area (Å²) in [6.07, 6.45) is 3.28. The third-order valence-corrected chi connectivity index (χ3v) is 4.35. The van der Waals surface area contributed by atoms with Crippen molar-refractivity contribution in [2.45, 2.75) is 32.4 Å². The zero-order valence-electron chi connectivity index (χ0n) is 14.3. The third-order valence-electron chi connectivity index (χ3n) is 4.35. The van der Waals surface area contributed by atoms with Crippen molar-refractivity contribution in [3.05, 3.63) is 40.1 Å². The van der Waals surface area contributed by atoms with Crippen molar-refractivity contribution in [2.24, 2.45) is 0 Å². The summed E-state index contributed by atoms with van der Waals surface area (Å²) in [7, 11) is 0. The van der Waals surface area contributed by atoms with Gasteiger partial charge in [-0.05, 0) is 37.5 Å². The van der Waals surface area contributed by atoms with Gasteiger partial charge in [0.05, 0.1) is 4.92 Å². The number of aromatic nitrogens is 2. The van der Waals surface area contributed by atoms with Crippen molar-refractivity contribution in [3.8, 4) is 11.5 Å². The van der Waals surface area contributed by atoms with Crippen molar-refractivity contribution in [3.63, 3.8) is 0 Å². The number of nitrogens with one attached hydrogen (secondary N) is 1. The Bertz CT molecular complexity index is 840. The number of nitro groups is 1. The van der Waals surface area contributed by atoms with Crippen molar-refractivity contribution in [1.29, 1.82) is 0 Å². The highest BCUT2D eigenvalue weighted by Crippen LogP contribution is 2.33. The van der Waals surface area contributed by atoms with Crippen LogP contribution in [0.15, 0.2) is 24.4 Å². The Hall–Kier alpha value is -3.10. The van der Waals surface area contributed by atoms with Crippen molar-refractivity contribution < 1.29 is 14.4 Å². The van der Waals surface area contributed by atoms with E-state index in [2.05, 4.69) is 15.3 Å². The lowest BCUT2D eigenvalue weighted by atomic mass is 10.2. The van der Waals surface area contributed by atoms with Crippen molar-refractivity contribution >= 4 is 17.5 Å². The molecule has 2 heterocycles. The molecule has 0 radical (unpaired) electrons. The maximum atomic E-state index is 11.2. The number of anilines is 2. The normalized spacial score (nSPS) is 15.0. The lowest BCUT2D eigenvalue weighted by molar-refractivity contribution is -0.384. The molecular weight excluding hydrogens is 338 g/mol. The smallest absolute Gasteiger partial charge is 0.329 e. The summed E-state index contributed by atoms with van der Waals surface area (Å²) in [6, 6.07) is 6.04. The highest BCUT2D eigenvalue weighted by molar-refractivity contribution is 5.58. The van der Waals surface area contributed by atoms with Crippen molar-refractivity contribution in [2.75, 3.05) is 23.6 Å². The van der Waals surface area contributed by atoms with Crippen LogP contribution in [0.1, 0.15) is 25.3 Å². The maximum Gasteiger partial charge on any atom is 0.329 e. The molecule has 9 heteroatoms. The molecule has 9 nitrogen and oxygen atoms in total. The maximum absolute atomic E-state index is 11.2. The lowest BCUT2D eigenvalue weighted by Gasteiger charge is -2.21. The average molecular weight is 357 g/mol. The van der Waals surface area contributed by atoms with Crippen LogP contribution in [0, 0.1) is 10.1 Å². The van der Waals surface area contributed by atoms with Gasteiger partial charge < -0.3 is 19.7 Å². The number of fused-ring (bicyclic) bond motifs is 1. The van der Waals surface area contributed by atoms with Gasteiger partial charge in [0.2, 0.25) is 18.6 Å². The van der Waals surface area contributed by atoms with Crippen LogP contribution in [0.2, 0.25) is 0 Å². The number of hydrogen-bond acceptors (Lipinski definition) is 8. The summed E-state index contributed by atoms with van der Waals surface area (Å²) in [5, 5.41) is 14.3. The molecule has 1 aromatic carbocycles. The topological polar surface area (TPSA) is 103 Å². The molecule has 1 aliphatic carbocycles. The van der Waals surface area contributed by atoms with Gasteiger partial charge in [0.25, 0.3) is 0 Å². The first-order chi connectivity index (χ1) is 12.6. The molecule has 4 rings (SSSR count). The van der Waals surface area contributed by atoms with E-state index in [0.717, 1.165) is 29.9 Å². The first-order valence-corrected chi connectivity index (χ1v) is 8.55. The Morgan fingerprint density at radius 3 is 2.88 bits per heavy atom. The fourth-order valence-corrected chi connectivity index (χ4v) is 2.76. The minimum Gasteiger partial charge on any atom is -0.454 e. The molecule has 26 heavy (non-hydrogen) atoms. The third kappa shape index (κ3) is 3.32. The first-order valence-electron chi connectivity index (χ1n) is 8.55. The van der Waals surface area contributed by atoms with E-state index in [9.17, 15) is 10.1 Å². The van der Waals surface area contributed by atoms with Gasteiger partial charge in [0.15, 0.2) is 11.5 Å². The molecule has 0 amide bonds. The Morgan fingerprint density at radius 2 is 2.15 bits per heavy atom. The van der Waals surface area contributed by atoms with Crippen LogP contribution in [0.4, 0.5) is 17.5 Å². The Morgan fingerprint density at radius 1 is 1.35 bits per heavy atom. The van der Waals surface area contributed by atoms with E-state index in [-0.39, 0.29) is 24.3 Å². The standard InChI is InChI=1S/C17H19N5O4/c1-2-21(9-11-3-6-14-15(7-11)26-10-25-14)17-18-8-13(22(23)24)16(20-17)19-12-4-5-12/h3,6-8,12H,2,4-5,9-10H2,1H3,(H,18,19,20). The van der Waals surface area contributed by atoms with Gasteiger partial charge in [-0.2, -0.15) is 4.98 Å². The molecule has 1 saturated carbocycles. The van der Waals surface area contributed by atoms with Crippen LogP contribution in [0.3, 0.4) is 0 Å². The summed E-state index contributed by atoms with van der Waals surface area (Å²) in [6.45, 7) is 3.45. The van der Waals surface area contributed by atoms with E-state index in [4.69, 9.17) is 9.47 Å². The van der Waals surface area contributed by atoms with Gasteiger partial charge in [0.1, 0.15) is 6.20 Å². The van der Waals surface area contributed by atoms with E-state index in [0.29, 0.717) is 19.0 Å². The Balaban J connectivity index is 1.58. The van der Waals surface area contributed by atoms with Crippen LogP contribution < -0.4 is 19.7 Å². The van der Waals surface area contributed by atoms with Crippen LogP contribution in [-0.4, -0.2) is 34.3 Å². The van der Waals surface area contributed by atoms with Crippen LogP contribution in [-0.2, 0) is 6.54 Å². The lowest BCUT2D eigenvalue weighted by Crippen LogP contribution is -2.25. The zero-order valence-corrected chi connectivity index (χ0v) is 14.3. The number of hydrogen-bond donors (Lipinski definition) is 1. The minimum atomic E-state index is -0.456. The minimum absolute atomic E-state index is 0.0974. The summed E-state index contributed by atoms with van der Waals surface area (Å²) in [4.78, 5) is 21.3. The number of ether oxygens (including phenoxy) is 2. The summed E-state index contributed by atoms with van der Waals surface area (Å²) in [5.41, 5.74) is 0.925. The molecule has 0 spiro atoms. The van der Waals surface area contributed by atoms with Gasteiger partial charge in [-0.1, -0.05) is 6.07 Å². The van der Waals surface area contributed by atoms with Crippen LogP contribution in [0.5, 0.6) is 11.5 Å². The van der Waals surface area contributed by atoms with E-state index in [1.54, 1.807) is 0 Å². The van der Waals surface area contributed by atoms with E-state index in [1.807, 2.05) is 30.0 Å². The van der Waals surface area contributed by atoms with Gasteiger partial charge in [-0.15, -0.1) is 0 Å². The summed E-state index contributed by atoms with van der Waals surface area (Å²) in [5.74, 6) is 2.20. The van der Waals surface area contributed by atoms with Crippen LogP contribution >= 0.6 is 0 Å². The fourth-order valence-electron chi connectivity index (χ4n) is 2.76. The largest absolute Gasteiger partial charge is 0.454 e. The second-order valence-electron chi connectivity index (χ2n) is 6.28. The van der Waals surface area contributed by atoms with Crippen molar-refractivity contribution in [1.82, 2.24) is 9.97 Å². The molecule has 0 saturated heterocycles. The van der Waals surface area contributed by atoms with E-state index < -0.39 is 4.92 Å². The fraction of sp³-hybridized carbons (Fsp3) is 0.412. The quantitative estimate of drug-likeness (QED) is 0.596. The molecule has 136 valence electrons. The van der Waals surface area contributed by atoms with Gasteiger partial charge in [-0.3, -0.25) is 10.1 Å². The number of rotatable bonds is 7. The second-order valence-corrected chi connectivity index (χ2v) is 6.28. The van der Waals surface area contributed by atoms with Gasteiger partial charge in [-0.25, -0.2) is 4.98 Å². The van der Waals surface area contributed by atoms with Gasteiger partial charge in [0, 0.05) is 19.1 Å². The van der Waals surface area contributed by atoms with E-state index >= 15 is 0 Å². The monoisotopic (exact) mass is 357 g/mol. The molecule has 0 bridgehead atoms. The molecule has 2 aromatic rings. The molecule has 1 aliphatic heterocycles. The SMILES string of the molecule is CCN(Cc1ccc2c(c1)OCO2)c1ncc([N+](=O)[O-])c(NC2CC2)n1. The highest BCUT2D eigenvalue weighted by Gasteiger charge is 2.27. The van der Waals surface area contributed by atoms with Gasteiger partial charge >= 0.3 is 5.69 Å². The molecular formula is C17H19N5O4. The second kappa shape index (κ2) is 6.66. The average Bonchev–Trinajstić information content (AvgIpc) is 3.32. The molecule has 0 atom stereocenters. The molecule has 1 N–H and O–H groups in total. The summed E-state index contributed by atoms with van der Waals surface area (Å²) >= 11 is 0. The Kier molecular flexibility index (Phi) is 4.19. The highest BCUT2D eigenvalue weighted by atomic mass is 16.7. The number of nitrogens with zero attached hydrogens (tertiary/aromatic N) is 4. The molecule has 2 aliphatic rings. The molecule has 1 aromatic heterocycles. The van der Waals surface area contributed by atoms with Crippen LogP contribution in [0.25, 0.3) is 0 Å². The Labute approximate surface area is 150 Å². The first kappa shape index (κ1) is 16.4. The molecule has 1 fully saturated rings. The summed E-state index contributed by atoms with van der Waals surface area (Å²) < 4.78 is 10.7. The molecule has 0 unspecified atom stereocenters. The predicted octanol–water partition coefficient (Wildman–Crippen LogP) is 2.71. The number of benzene rings is 1.